The molecule has 0 saturated carbocycles. The Hall–Kier alpha value is -5.15. The zero-order valence-corrected chi connectivity index (χ0v) is 22.2. The van der Waals surface area contributed by atoms with E-state index in [2.05, 4.69) is 143 Å². The molecule has 0 radical (unpaired) electrons. The molecule has 0 fully saturated rings. The van der Waals surface area contributed by atoms with Gasteiger partial charge in [0.15, 0.2) is 0 Å². The molecule has 0 amide bonds. The van der Waals surface area contributed by atoms with E-state index in [1.165, 1.54) is 61.2 Å². The van der Waals surface area contributed by atoms with Gasteiger partial charge in [-0.05, 0) is 69.2 Å². The van der Waals surface area contributed by atoms with E-state index in [4.69, 9.17) is 4.74 Å². The third-order valence-corrected chi connectivity index (χ3v) is 9.29. The summed E-state index contributed by atoms with van der Waals surface area (Å²) >= 11 is 0. The van der Waals surface area contributed by atoms with Crippen LogP contribution in [0.5, 0.6) is 11.5 Å². The minimum atomic E-state index is 0.107. The zero-order chi connectivity index (χ0) is 26.7. The predicted molar refractivity (Wildman–Crippen MR) is 172 cm³/mol. The average Bonchev–Trinajstić information content (AvgIpc) is 3.04. The predicted octanol–water partition coefficient (Wildman–Crippen LogP) is 4.70. The summed E-state index contributed by atoms with van der Waals surface area (Å²) < 4.78 is 6.82. The molecule has 0 aromatic heterocycles. The van der Waals surface area contributed by atoms with Crippen LogP contribution in [0.4, 0.5) is 34.1 Å². The highest BCUT2D eigenvalue weighted by atomic mass is 16.5. The lowest BCUT2D eigenvalue weighted by atomic mass is 9.29. The lowest BCUT2D eigenvalue weighted by Crippen LogP contribution is -2.67. The second-order valence-electron chi connectivity index (χ2n) is 11.3. The Morgan fingerprint density at radius 1 is 0.415 bits per heavy atom. The molecule has 41 heavy (non-hydrogen) atoms. The number of fused-ring (bicyclic) bond motifs is 10. The van der Waals surface area contributed by atoms with Gasteiger partial charge >= 0.3 is 0 Å². The van der Waals surface area contributed by atoms with Crippen LogP contribution in [-0.4, -0.2) is 13.4 Å². The van der Waals surface area contributed by atoms with Gasteiger partial charge in [0.05, 0.1) is 0 Å². The zero-order valence-electron chi connectivity index (χ0n) is 22.2. The third-order valence-electron chi connectivity index (χ3n) is 9.29. The third kappa shape index (κ3) is 2.66. The molecular weight excluding hydrogens is 498 g/mol. The Bertz CT molecular complexity index is 2050. The number of ether oxygens (including phenoxy) is 1. The molecular formula is C36H22B2N2O. The Labute approximate surface area is 239 Å². The van der Waals surface area contributed by atoms with Crippen molar-refractivity contribution in [2.45, 2.75) is 0 Å². The molecule has 4 heterocycles. The van der Waals surface area contributed by atoms with Crippen molar-refractivity contribution < 1.29 is 4.74 Å². The Balaban J connectivity index is 1.40. The summed E-state index contributed by atoms with van der Waals surface area (Å²) in [6.45, 7) is 0.230. The molecule has 0 aliphatic carbocycles. The minimum Gasteiger partial charge on any atom is -0.458 e. The molecule has 10 rings (SSSR count). The van der Waals surface area contributed by atoms with Crippen LogP contribution in [0.3, 0.4) is 0 Å². The summed E-state index contributed by atoms with van der Waals surface area (Å²) in [6, 6.07) is 48.4. The van der Waals surface area contributed by atoms with E-state index in [1.54, 1.807) is 0 Å². The van der Waals surface area contributed by atoms with Crippen molar-refractivity contribution in [2.75, 3.05) is 9.80 Å². The van der Waals surface area contributed by atoms with Gasteiger partial charge in [-0.25, -0.2) is 0 Å². The van der Waals surface area contributed by atoms with Crippen LogP contribution in [0.2, 0.25) is 0 Å². The number of benzene rings is 6. The Morgan fingerprint density at radius 2 is 0.927 bits per heavy atom. The van der Waals surface area contributed by atoms with Gasteiger partial charge in [0.1, 0.15) is 11.5 Å². The molecule has 0 atom stereocenters. The van der Waals surface area contributed by atoms with Crippen molar-refractivity contribution in [3.63, 3.8) is 0 Å². The first-order valence-electron chi connectivity index (χ1n) is 14.3. The quantitative estimate of drug-likeness (QED) is 0.292. The van der Waals surface area contributed by atoms with Crippen molar-refractivity contribution >= 4 is 80.3 Å². The second-order valence-corrected chi connectivity index (χ2v) is 11.3. The van der Waals surface area contributed by atoms with Crippen LogP contribution in [0.15, 0.2) is 133 Å². The number of hydrogen-bond acceptors (Lipinski definition) is 3. The summed E-state index contributed by atoms with van der Waals surface area (Å²) in [7, 11) is 0. The van der Waals surface area contributed by atoms with E-state index in [9.17, 15) is 0 Å². The minimum absolute atomic E-state index is 0.107. The van der Waals surface area contributed by atoms with Gasteiger partial charge in [-0.2, -0.15) is 0 Å². The standard InChI is InChI=1S/C36H22B2N2O/c1-2-12-23(13-3-1)39-28-18-8-4-14-24(28)37-25-15-5-9-19-29(25)40-30-20-10-6-16-26(30)38-27-17-7-11-21-32(27)41-33-22-31(39)34(37)36(40)35(33)38/h1-22H. The Morgan fingerprint density at radius 3 is 1.59 bits per heavy atom. The molecule has 0 N–H and O–H groups in total. The SMILES string of the molecule is c1ccc(N2c3ccccc3B3c4ccccc4N4c5ccccc5B5c6ccccc6Oc6cc2c3c4c65)cc1. The normalized spacial score (nSPS) is 14.3. The van der Waals surface area contributed by atoms with Gasteiger partial charge in [0.25, 0.3) is 13.4 Å². The van der Waals surface area contributed by atoms with Gasteiger partial charge in [-0.1, -0.05) is 91.0 Å². The van der Waals surface area contributed by atoms with E-state index in [-0.39, 0.29) is 13.4 Å². The monoisotopic (exact) mass is 520 g/mol. The second kappa shape index (κ2) is 7.74. The highest BCUT2D eigenvalue weighted by Crippen LogP contribution is 2.47. The first-order valence-corrected chi connectivity index (χ1v) is 14.3. The molecule has 188 valence electrons. The number of hydrogen-bond donors (Lipinski definition) is 0. The van der Waals surface area contributed by atoms with Gasteiger partial charge in [-0.15, -0.1) is 0 Å². The van der Waals surface area contributed by atoms with Crippen molar-refractivity contribution in [1.82, 2.24) is 0 Å². The van der Waals surface area contributed by atoms with Crippen LogP contribution in [0, 0.1) is 0 Å². The van der Waals surface area contributed by atoms with E-state index in [0.717, 1.165) is 17.2 Å². The van der Waals surface area contributed by atoms with Gasteiger partial charge in [0, 0.05) is 40.2 Å². The summed E-state index contributed by atoms with van der Waals surface area (Å²) in [4.78, 5) is 4.95. The summed E-state index contributed by atoms with van der Waals surface area (Å²) in [5.74, 6) is 1.89. The fraction of sp³-hybridized carbons (Fsp3) is 0. The lowest BCUT2D eigenvalue weighted by molar-refractivity contribution is 0.488. The van der Waals surface area contributed by atoms with Crippen molar-refractivity contribution in [1.29, 1.82) is 0 Å². The first kappa shape index (κ1) is 21.6. The average molecular weight is 520 g/mol. The maximum absolute atomic E-state index is 6.82. The van der Waals surface area contributed by atoms with Crippen molar-refractivity contribution in [2.24, 2.45) is 0 Å². The number of rotatable bonds is 1. The lowest BCUT2D eigenvalue weighted by Gasteiger charge is -2.49. The van der Waals surface area contributed by atoms with Crippen LogP contribution >= 0.6 is 0 Å². The molecule has 0 unspecified atom stereocenters. The summed E-state index contributed by atoms with van der Waals surface area (Å²) in [5, 5.41) is 0. The largest absolute Gasteiger partial charge is 0.458 e. The van der Waals surface area contributed by atoms with Crippen LogP contribution in [0.1, 0.15) is 0 Å². The maximum Gasteiger partial charge on any atom is 0.256 e. The van der Waals surface area contributed by atoms with Gasteiger partial charge < -0.3 is 14.5 Å². The van der Waals surface area contributed by atoms with E-state index >= 15 is 0 Å². The fourth-order valence-corrected chi connectivity index (χ4v) is 7.79. The molecule has 5 heteroatoms. The number of para-hydroxylation sites is 5. The molecule has 0 saturated heterocycles. The highest BCUT2D eigenvalue weighted by Gasteiger charge is 2.50. The summed E-state index contributed by atoms with van der Waals surface area (Å²) in [6.07, 6.45) is 0. The van der Waals surface area contributed by atoms with Gasteiger partial charge in [-0.3, -0.25) is 0 Å². The number of anilines is 6. The molecule has 0 spiro atoms. The maximum atomic E-state index is 6.82. The van der Waals surface area contributed by atoms with Crippen LogP contribution in [-0.2, 0) is 0 Å². The molecule has 4 aliphatic rings. The topological polar surface area (TPSA) is 15.7 Å². The molecule has 0 bridgehead atoms. The fourth-order valence-electron chi connectivity index (χ4n) is 7.79. The number of nitrogens with zero attached hydrogens (tertiary/aromatic N) is 2. The van der Waals surface area contributed by atoms with E-state index in [1.807, 2.05) is 0 Å². The smallest absolute Gasteiger partial charge is 0.256 e. The Kier molecular flexibility index (Phi) is 4.08. The molecule has 6 aromatic carbocycles. The first-order chi connectivity index (χ1) is 20.4. The van der Waals surface area contributed by atoms with Crippen LogP contribution < -0.4 is 47.3 Å². The van der Waals surface area contributed by atoms with E-state index in [0.29, 0.717) is 0 Å². The van der Waals surface area contributed by atoms with Crippen molar-refractivity contribution in [3.05, 3.63) is 133 Å². The van der Waals surface area contributed by atoms with Crippen molar-refractivity contribution in [3.8, 4) is 11.5 Å². The molecule has 3 nitrogen and oxygen atoms in total. The highest BCUT2D eigenvalue weighted by molar-refractivity contribution is 7.04. The van der Waals surface area contributed by atoms with Crippen LogP contribution in [0.25, 0.3) is 0 Å². The molecule has 6 aromatic rings. The summed E-state index contributed by atoms with van der Waals surface area (Å²) in [5.41, 5.74) is 15.2. The van der Waals surface area contributed by atoms with E-state index < -0.39 is 0 Å². The molecule has 4 aliphatic heterocycles. The van der Waals surface area contributed by atoms with Gasteiger partial charge in [0.2, 0.25) is 0 Å².